The molecule has 1 aliphatic rings. The summed E-state index contributed by atoms with van der Waals surface area (Å²) in [6, 6.07) is 14.4. The van der Waals surface area contributed by atoms with Gasteiger partial charge in [-0.2, -0.15) is 0 Å². The van der Waals surface area contributed by atoms with Crippen LogP contribution in [0.4, 0.5) is 0 Å². The molecule has 60 heavy (non-hydrogen) atoms. The Morgan fingerprint density at radius 3 is 1.98 bits per heavy atom. The zero-order valence-electron chi connectivity index (χ0n) is 35.7. The molecule has 0 radical (unpaired) electrons. The van der Waals surface area contributed by atoms with E-state index in [4.69, 9.17) is 37.9 Å². The Morgan fingerprint density at radius 1 is 0.783 bits per heavy atom. The summed E-state index contributed by atoms with van der Waals surface area (Å²) in [6.45, 7) is 5.00. The maximum Gasteiger partial charge on any atom is 0.338 e. The van der Waals surface area contributed by atoms with E-state index in [9.17, 15) is 24.7 Å². The van der Waals surface area contributed by atoms with Crippen molar-refractivity contribution in [1.29, 1.82) is 0 Å². The van der Waals surface area contributed by atoms with Crippen LogP contribution in [0.1, 0.15) is 121 Å². The van der Waals surface area contributed by atoms with Gasteiger partial charge in [0.2, 0.25) is 0 Å². The van der Waals surface area contributed by atoms with E-state index in [-0.39, 0.29) is 13.2 Å². The van der Waals surface area contributed by atoms with E-state index < -0.39 is 73.3 Å². The second-order valence-corrected chi connectivity index (χ2v) is 14.7. The number of carbonyl (C=O) groups is 4. The molecule has 1 aliphatic heterocycles. The molecule has 0 N–H and O–H groups in total. The maximum absolute atomic E-state index is 13.3. The van der Waals surface area contributed by atoms with Gasteiger partial charge in [0, 0.05) is 25.7 Å². The fraction of sp³-hybridized carbons (Fsp3) is 0.600. The second-order valence-electron chi connectivity index (χ2n) is 14.7. The van der Waals surface area contributed by atoms with Gasteiger partial charge in [-0.1, -0.05) is 113 Å². The molecule has 330 valence electrons. The highest BCUT2D eigenvalue weighted by Gasteiger charge is 2.52. The molecule has 2 aromatic carbocycles. The summed E-state index contributed by atoms with van der Waals surface area (Å²) in [6.07, 6.45) is 10.2. The SMILES string of the molecule is CCCCCCCCCCCCCC=C[C@@H](OC(=O)c1ccccc1)[C@H](CO[C@@H]1O[C@H](COC(C)=O)[C@H](OC(C)=O)[C@H](OC(C)=O)[C@H]1OCc1ccc(OC)cc1)N=[N+]=[N-]. The molecule has 0 amide bonds. The van der Waals surface area contributed by atoms with E-state index in [1.54, 1.807) is 67.8 Å². The number of allylic oxidation sites excluding steroid dienone is 1. The minimum atomic E-state index is -1.37. The Kier molecular flexibility index (Phi) is 23.5. The smallest absolute Gasteiger partial charge is 0.338 e. The predicted octanol–water partition coefficient (Wildman–Crippen LogP) is 8.91. The second kappa shape index (κ2) is 28.5. The molecule has 0 aliphatic carbocycles. The van der Waals surface area contributed by atoms with Crippen molar-refractivity contribution < 1.29 is 57.1 Å². The van der Waals surface area contributed by atoms with E-state index in [1.807, 2.05) is 6.08 Å². The molecule has 1 saturated heterocycles. The van der Waals surface area contributed by atoms with Crippen molar-refractivity contribution >= 4 is 23.9 Å². The zero-order chi connectivity index (χ0) is 43.5. The normalized spacial score (nSPS) is 19.7. The van der Waals surface area contributed by atoms with Crippen molar-refractivity contribution in [2.24, 2.45) is 5.11 Å². The average molecular weight is 838 g/mol. The van der Waals surface area contributed by atoms with Crippen LogP contribution in [0.2, 0.25) is 0 Å². The van der Waals surface area contributed by atoms with Crippen molar-refractivity contribution in [2.75, 3.05) is 20.3 Å². The molecule has 1 fully saturated rings. The molecule has 15 nitrogen and oxygen atoms in total. The maximum atomic E-state index is 13.3. The van der Waals surface area contributed by atoms with E-state index >= 15 is 0 Å². The molecule has 0 saturated carbocycles. The van der Waals surface area contributed by atoms with Crippen LogP contribution in [0.5, 0.6) is 5.75 Å². The van der Waals surface area contributed by atoms with Crippen LogP contribution < -0.4 is 4.74 Å². The van der Waals surface area contributed by atoms with Crippen LogP contribution in [0.25, 0.3) is 10.4 Å². The Bertz CT molecular complexity index is 1650. The monoisotopic (exact) mass is 837 g/mol. The minimum absolute atomic E-state index is 0.0318. The lowest BCUT2D eigenvalue weighted by Gasteiger charge is -2.44. The summed E-state index contributed by atoms with van der Waals surface area (Å²) in [5.41, 5.74) is 10.7. The predicted molar refractivity (Wildman–Crippen MR) is 223 cm³/mol. The first-order chi connectivity index (χ1) is 29.1. The van der Waals surface area contributed by atoms with Gasteiger partial charge in [-0.25, -0.2) is 4.79 Å². The Balaban J connectivity index is 1.84. The third-order valence-corrected chi connectivity index (χ3v) is 9.81. The number of esters is 4. The average Bonchev–Trinajstić information content (AvgIpc) is 3.23. The summed E-state index contributed by atoms with van der Waals surface area (Å²) < 4.78 is 46.6. The fourth-order valence-electron chi connectivity index (χ4n) is 6.72. The quantitative estimate of drug-likeness (QED) is 0.0151. The highest BCUT2D eigenvalue weighted by molar-refractivity contribution is 5.89. The Labute approximate surface area is 354 Å². The number of rotatable bonds is 28. The molecular formula is C45H63N3O12. The number of benzene rings is 2. The van der Waals surface area contributed by atoms with Crippen molar-refractivity contribution in [3.05, 3.63) is 88.3 Å². The largest absolute Gasteiger partial charge is 0.497 e. The van der Waals surface area contributed by atoms with Crippen LogP contribution >= 0.6 is 0 Å². The molecule has 3 rings (SSSR count). The van der Waals surface area contributed by atoms with Crippen LogP contribution in [-0.4, -0.2) is 87.1 Å². The third-order valence-electron chi connectivity index (χ3n) is 9.81. The molecule has 15 heteroatoms. The van der Waals surface area contributed by atoms with Gasteiger partial charge in [0.1, 0.15) is 36.7 Å². The zero-order valence-corrected chi connectivity index (χ0v) is 35.7. The summed E-state index contributed by atoms with van der Waals surface area (Å²) in [5.74, 6) is -2.07. The Morgan fingerprint density at radius 2 is 1.40 bits per heavy atom. The molecular weight excluding hydrogens is 775 g/mol. The summed E-state index contributed by atoms with van der Waals surface area (Å²) >= 11 is 0. The van der Waals surface area contributed by atoms with Gasteiger partial charge in [-0.15, -0.1) is 0 Å². The first-order valence-electron chi connectivity index (χ1n) is 21.0. The van der Waals surface area contributed by atoms with Crippen molar-refractivity contribution in [3.8, 4) is 5.75 Å². The number of unbranched alkanes of at least 4 members (excludes halogenated alkanes) is 11. The molecule has 0 bridgehead atoms. The summed E-state index contributed by atoms with van der Waals surface area (Å²) in [4.78, 5) is 53.1. The summed E-state index contributed by atoms with van der Waals surface area (Å²) in [5, 5.41) is 3.97. The molecule has 2 aromatic rings. The lowest BCUT2D eigenvalue weighted by molar-refractivity contribution is -0.316. The fourth-order valence-corrected chi connectivity index (χ4v) is 6.72. The number of hydrogen-bond donors (Lipinski definition) is 0. The number of hydrogen-bond acceptors (Lipinski definition) is 13. The van der Waals surface area contributed by atoms with Crippen molar-refractivity contribution in [2.45, 2.75) is 154 Å². The van der Waals surface area contributed by atoms with Gasteiger partial charge in [-0.3, -0.25) is 14.4 Å². The van der Waals surface area contributed by atoms with E-state index in [1.165, 1.54) is 72.1 Å². The van der Waals surface area contributed by atoms with Gasteiger partial charge in [0.15, 0.2) is 18.5 Å². The highest BCUT2D eigenvalue weighted by Crippen LogP contribution is 2.31. The third kappa shape index (κ3) is 18.5. The van der Waals surface area contributed by atoms with Gasteiger partial charge in [-0.05, 0) is 54.3 Å². The molecule has 7 atom stereocenters. The molecule has 1 heterocycles. The Hall–Kier alpha value is -4.95. The first kappa shape index (κ1) is 49.4. The minimum Gasteiger partial charge on any atom is -0.497 e. The number of nitrogens with zero attached hydrogens (tertiary/aromatic N) is 3. The van der Waals surface area contributed by atoms with Gasteiger partial charge < -0.3 is 37.9 Å². The van der Waals surface area contributed by atoms with Crippen molar-refractivity contribution in [1.82, 2.24) is 0 Å². The summed E-state index contributed by atoms with van der Waals surface area (Å²) in [7, 11) is 1.55. The lowest BCUT2D eigenvalue weighted by Crippen LogP contribution is -2.62. The number of ether oxygens (including phenoxy) is 8. The van der Waals surface area contributed by atoms with Crippen LogP contribution in [0.3, 0.4) is 0 Å². The van der Waals surface area contributed by atoms with Gasteiger partial charge in [0.25, 0.3) is 0 Å². The topological polar surface area (TPSA) is 191 Å². The van der Waals surface area contributed by atoms with Crippen molar-refractivity contribution in [3.63, 3.8) is 0 Å². The number of methoxy groups -OCH3 is 1. The van der Waals surface area contributed by atoms with Gasteiger partial charge in [0.05, 0.1) is 25.9 Å². The van der Waals surface area contributed by atoms with Crippen LogP contribution in [0.15, 0.2) is 71.9 Å². The van der Waals surface area contributed by atoms with Gasteiger partial charge >= 0.3 is 23.9 Å². The van der Waals surface area contributed by atoms with E-state index in [2.05, 4.69) is 16.9 Å². The standard InChI is InChI=1S/C45H63N3O12/c1-6-7-8-9-10-11-12-13-14-15-16-17-21-24-39(59-44(52)36-22-19-18-20-23-36)38(47-48-46)30-56-45-43(55-29-35-25-27-37(53-5)28-26-35)42(58-34(4)51)41(57-33(3)50)40(60-45)31-54-32(2)49/h18-28,38-43,45H,6-17,29-31H2,1-5H3/t38-,39+,40+,41-,42-,43+,45+/m0/s1. The van der Waals surface area contributed by atoms with E-state index in [0.717, 1.165) is 19.3 Å². The van der Waals surface area contributed by atoms with E-state index in [0.29, 0.717) is 23.3 Å². The van der Waals surface area contributed by atoms with Crippen LogP contribution in [0, 0.1) is 0 Å². The molecule has 0 aromatic heterocycles. The molecule has 0 unspecified atom stereocenters. The molecule has 0 spiro atoms. The lowest BCUT2D eigenvalue weighted by atomic mass is 9.98. The highest BCUT2D eigenvalue weighted by atomic mass is 16.7. The number of carbonyl (C=O) groups excluding carboxylic acids is 4. The number of azide groups is 1. The van der Waals surface area contributed by atoms with Crippen LogP contribution in [-0.2, 0) is 54.1 Å². The first-order valence-corrected chi connectivity index (χ1v) is 21.0.